The lowest BCUT2D eigenvalue weighted by Crippen LogP contribution is -2.07. The molecule has 0 saturated carbocycles. The Kier molecular flexibility index (Phi) is 4.06. The van der Waals surface area contributed by atoms with E-state index in [0.717, 1.165) is 18.2 Å². The minimum absolute atomic E-state index is 0.111. The van der Waals surface area contributed by atoms with E-state index in [-0.39, 0.29) is 22.3 Å². The Morgan fingerprint density at radius 1 is 0.800 bits per heavy atom. The van der Waals surface area contributed by atoms with Gasteiger partial charge in [0.1, 0.15) is 0 Å². The molecule has 0 aliphatic heterocycles. The Balaban J connectivity index is 2.06. The Morgan fingerprint density at radius 3 is 2.20 bits per heavy atom. The van der Waals surface area contributed by atoms with Crippen molar-refractivity contribution in [3.05, 3.63) is 65.9 Å². The van der Waals surface area contributed by atoms with Crippen molar-refractivity contribution in [2.75, 3.05) is 5.32 Å². The summed E-state index contributed by atoms with van der Waals surface area (Å²) >= 11 is 0. The fourth-order valence-corrected chi connectivity index (χ4v) is 2.44. The summed E-state index contributed by atoms with van der Waals surface area (Å²) in [5.41, 5.74) is -1.69. The minimum atomic E-state index is -4.58. The molecule has 0 spiro atoms. The topological polar surface area (TPSA) is 24.9 Å². The number of alkyl halides is 6. The number of para-hydroxylation sites is 1. The first-order valence-corrected chi connectivity index (χ1v) is 7.05. The van der Waals surface area contributed by atoms with Gasteiger partial charge >= 0.3 is 12.4 Å². The maximum Gasteiger partial charge on any atom is 0.418 e. The van der Waals surface area contributed by atoms with Gasteiger partial charge in [0.15, 0.2) is 0 Å². The van der Waals surface area contributed by atoms with Crippen molar-refractivity contribution in [2.24, 2.45) is 0 Å². The van der Waals surface area contributed by atoms with Crippen LogP contribution < -0.4 is 5.32 Å². The van der Waals surface area contributed by atoms with Gasteiger partial charge in [-0.05, 0) is 30.3 Å². The lowest BCUT2D eigenvalue weighted by atomic mass is 10.1. The highest BCUT2D eigenvalue weighted by atomic mass is 19.4. The molecular weight excluding hydrogens is 346 g/mol. The van der Waals surface area contributed by atoms with E-state index in [1.165, 1.54) is 36.5 Å². The fraction of sp³-hybridized carbons (Fsp3) is 0.118. The predicted octanol–water partition coefficient (Wildman–Crippen LogP) is 6.02. The van der Waals surface area contributed by atoms with Crippen molar-refractivity contribution in [2.45, 2.75) is 12.4 Å². The molecule has 2 aromatic carbocycles. The highest BCUT2D eigenvalue weighted by Crippen LogP contribution is 2.37. The van der Waals surface area contributed by atoms with Crippen molar-refractivity contribution < 1.29 is 26.3 Å². The van der Waals surface area contributed by atoms with Gasteiger partial charge in [-0.15, -0.1) is 0 Å². The average Bonchev–Trinajstić information content (AvgIpc) is 2.53. The van der Waals surface area contributed by atoms with E-state index in [9.17, 15) is 26.3 Å². The average molecular weight is 356 g/mol. The van der Waals surface area contributed by atoms with Crippen LogP contribution in [0.2, 0.25) is 0 Å². The summed E-state index contributed by atoms with van der Waals surface area (Å²) in [5.74, 6) is 0. The highest BCUT2D eigenvalue weighted by Gasteiger charge is 2.33. The zero-order valence-electron chi connectivity index (χ0n) is 12.4. The molecule has 1 aromatic heterocycles. The van der Waals surface area contributed by atoms with Gasteiger partial charge in [-0.2, -0.15) is 26.3 Å². The second kappa shape index (κ2) is 5.94. The quantitative estimate of drug-likeness (QED) is 0.568. The molecular formula is C17H10F6N2. The summed E-state index contributed by atoms with van der Waals surface area (Å²) < 4.78 is 77.6. The molecule has 1 heterocycles. The number of rotatable bonds is 2. The molecule has 3 aromatic rings. The van der Waals surface area contributed by atoms with Gasteiger partial charge in [0.25, 0.3) is 0 Å². The van der Waals surface area contributed by atoms with Crippen LogP contribution >= 0.6 is 0 Å². The van der Waals surface area contributed by atoms with Crippen LogP contribution in [0.1, 0.15) is 11.1 Å². The van der Waals surface area contributed by atoms with Crippen molar-refractivity contribution in [1.29, 1.82) is 0 Å². The molecule has 0 aliphatic carbocycles. The van der Waals surface area contributed by atoms with Crippen LogP contribution in [-0.4, -0.2) is 4.98 Å². The third kappa shape index (κ3) is 3.52. The van der Waals surface area contributed by atoms with E-state index in [2.05, 4.69) is 10.3 Å². The van der Waals surface area contributed by atoms with E-state index in [0.29, 0.717) is 0 Å². The third-order valence-electron chi connectivity index (χ3n) is 3.55. The summed E-state index contributed by atoms with van der Waals surface area (Å²) in [5, 5.41) is 2.89. The number of nitrogens with zero attached hydrogens (tertiary/aromatic N) is 1. The molecule has 2 nitrogen and oxygen atoms in total. The standard InChI is InChI=1S/C17H10F6N2/c18-16(19,20)10-3-1-4-11(9-10)25-14-7-8-24-15-12(14)5-2-6-13(15)17(21,22)23/h1-9H,(H,24,25). The third-order valence-corrected chi connectivity index (χ3v) is 3.55. The number of hydrogen-bond donors (Lipinski definition) is 1. The van der Waals surface area contributed by atoms with Crippen molar-refractivity contribution in [1.82, 2.24) is 4.98 Å². The predicted molar refractivity (Wildman–Crippen MR) is 81.5 cm³/mol. The van der Waals surface area contributed by atoms with Crippen LogP contribution in [0.15, 0.2) is 54.7 Å². The lowest BCUT2D eigenvalue weighted by Gasteiger charge is -2.14. The molecule has 3 rings (SSSR count). The minimum Gasteiger partial charge on any atom is -0.355 e. The Bertz CT molecular complexity index is 915. The van der Waals surface area contributed by atoms with Crippen LogP contribution in [0.25, 0.3) is 10.9 Å². The molecule has 0 aliphatic rings. The largest absolute Gasteiger partial charge is 0.418 e. The smallest absolute Gasteiger partial charge is 0.355 e. The molecule has 8 heteroatoms. The first kappa shape index (κ1) is 17.1. The number of nitrogens with one attached hydrogen (secondary N) is 1. The van der Waals surface area contributed by atoms with E-state index in [4.69, 9.17) is 0 Å². The SMILES string of the molecule is FC(F)(F)c1cccc(Nc2ccnc3c(C(F)(F)F)cccc23)c1. The van der Waals surface area contributed by atoms with E-state index in [1.807, 2.05) is 0 Å². The normalized spacial score (nSPS) is 12.4. The van der Waals surface area contributed by atoms with E-state index < -0.39 is 23.5 Å². The van der Waals surface area contributed by atoms with Gasteiger partial charge in [0.05, 0.1) is 16.6 Å². The molecule has 0 radical (unpaired) electrons. The molecule has 25 heavy (non-hydrogen) atoms. The highest BCUT2D eigenvalue weighted by molar-refractivity contribution is 5.94. The maximum absolute atomic E-state index is 13.1. The van der Waals surface area contributed by atoms with Gasteiger partial charge in [-0.3, -0.25) is 4.98 Å². The number of benzene rings is 2. The second-order valence-electron chi connectivity index (χ2n) is 5.26. The summed E-state index contributed by atoms with van der Waals surface area (Å²) in [6, 6.07) is 9.38. The molecule has 0 saturated heterocycles. The van der Waals surface area contributed by atoms with Crippen molar-refractivity contribution in [3.8, 4) is 0 Å². The van der Waals surface area contributed by atoms with Crippen LogP contribution in [0.5, 0.6) is 0 Å². The van der Waals surface area contributed by atoms with Crippen LogP contribution in [0, 0.1) is 0 Å². The molecule has 0 fully saturated rings. The number of halogens is 6. The first-order chi connectivity index (χ1) is 11.7. The van der Waals surface area contributed by atoms with Crippen LogP contribution in [0.3, 0.4) is 0 Å². The van der Waals surface area contributed by atoms with E-state index in [1.54, 1.807) is 0 Å². The summed E-state index contributed by atoms with van der Waals surface area (Å²) in [6.07, 6.45) is -7.92. The van der Waals surface area contributed by atoms with Gasteiger partial charge in [0, 0.05) is 23.0 Å². The van der Waals surface area contributed by atoms with Gasteiger partial charge in [-0.1, -0.05) is 18.2 Å². The van der Waals surface area contributed by atoms with Gasteiger partial charge in [0.2, 0.25) is 0 Å². The number of pyridine rings is 1. The molecule has 0 amide bonds. The zero-order chi connectivity index (χ0) is 18.2. The summed E-state index contributed by atoms with van der Waals surface area (Å²) in [4.78, 5) is 3.77. The Labute approximate surface area is 138 Å². The molecule has 130 valence electrons. The summed E-state index contributed by atoms with van der Waals surface area (Å²) in [6.45, 7) is 0. The molecule has 0 unspecified atom stereocenters. The van der Waals surface area contributed by atoms with Crippen LogP contribution in [0.4, 0.5) is 37.7 Å². The number of hydrogen-bond acceptors (Lipinski definition) is 2. The monoisotopic (exact) mass is 356 g/mol. The molecule has 0 atom stereocenters. The number of fused-ring (bicyclic) bond motifs is 1. The fourth-order valence-electron chi connectivity index (χ4n) is 2.44. The Hall–Kier alpha value is -2.77. The van der Waals surface area contributed by atoms with Crippen LogP contribution in [-0.2, 0) is 12.4 Å². The first-order valence-electron chi connectivity index (χ1n) is 7.05. The summed E-state index contributed by atoms with van der Waals surface area (Å²) in [7, 11) is 0. The number of aromatic nitrogens is 1. The molecule has 1 N–H and O–H groups in total. The van der Waals surface area contributed by atoms with Crippen molar-refractivity contribution >= 4 is 22.3 Å². The number of anilines is 2. The lowest BCUT2D eigenvalue weighted by molar-refractivity contribution is -0.138. The second-order valence-corrected chi connectivity index (χ2v) is 5.26. The molecule has 0 bridgehead atoms. The van der Waals surface area contributed by atoms with E-state index >= 15 is 0 Å². The van der Waals surface area contributed by atoms with Crippen molar-refractivity contribution in [3.63, 3.8) is 0 Å². The zero-order valence-corrected chi connectivity index (χ0v) is 12.4. The maximum atomic E-state index is 13.1. The van der Waals surface area contributed by atoms with Gasteiger partial charge in [-0.25, -0.2) is 0 Å². The Morgan fingerprint density at radius 2 is 1.52 bits per heavy atom. The van der Waals surface area contributed by atoms with Gasteiger partial charge < -0.3 is 5.32 Å².